The second-order valence-electron chi connectivity index (χ2n) is 5.75. The van der Waals surface area contributed by atoms with Crippen molar-refractivity contribution in [2.45, 2.75) is 19.8 Å². The summed E-state index contributed by atoms with van der Waals surface area (Å²) in [7, 11) is 0. The van der Waals surface area contributed by atoms with Gasteiger partial charge in [0.25, 0.3) is 0 Å². The molecule has 0 saturated carbocycles. The molecular weight excluding hydrogens is 250 g/mol. The average molecular weight is 270 g/mol. The van der Waals surface area contributed by atoms with Gasteiger partial charge in [-0.3, -0.25) is 0 Å². The minimum Gasteiger partial charge on any atom is -0.372 e. The van der Waals surface area contributed by atoms with Gasteiger partial charge in [-0.05, 0) is 28.0 Å². The summed E-state index contributed by atoms with van der Waals surface area (Å²) >= 11 is 0. The smallest absolute Gasteiger partial charge is 0.103 e. The van der Waals surface area contributed by atoms with Gasteiger partial charge < -0.3 is 14.4 Å². The maximum absolute atomic E-state index is 5.72. The van der Waals surface area contributed by atoms with E-state index < -0.39 is 0 Å². The molecule has 0 aromatic heterocycles. The summed E-state index contributed by atoms with van der Waals surface area (Å²) in [6.45, 7) is 6.65. The van der Waals surface area contributed by atoms with E-state index in [1.165, 1.54) is 27.5 Å². The Bertz CT molecular complexity index is 632. The zero-order chi connectivity index (χ0) is 13.4. The van der Waals surface area contributed by atoms with E-state index in [1.54, 1.807) is 4.90 Å². The molecule has 2 heterocycles. The van der Waals surface area contributed by atoms with E-state index in [1.807, 2.05) is 0 Å². The Kier molecular flexibility index (Phi) is 3.19. The number of quaternary nitrogens is 1. The number of benzene rings is 2. The first-order chi connectivity index (χ1) is 9.92. The van der Waals surface area contributed by atoms with Crippen molar-refractivity contribution in [3.05, 3.63) is 47.0 Å². The van der Waals surface area contributed by atoms with E-state index in [4.69, 9.17) is 9.47 Å². The number of hydrogen-bond donors (Lipinski definition) is 1. The summed E-state index contributed by atoms with van der Waals surface area (Å²) in [5.74, 6) is 0. The van der Waals surface area contributed by atoms with E-state index in [0.29, 0.717) is 0 Å². The van der Waals surface area contributed by atoms with Gasteiger partial charge in [-0.15, -0.1) is 0 Å². The standard InChI is InChI=1S/C17H19NO2/c1-2-4-15-13(3-1)9-14(16-11-20-12-17(15)16)10-18-5-7-19-8-6-18/h1-4,9H,5-8,10-12H2/p+1. The van der Waals surface area contributed by atoms with Gasteiger partial charge in [-0.1, -0.05) is 24.3 Å². The topological polar surface area (TPSA) is 22.9 Å². The molecule has 4 rings (SSSR count). The monoisotopic (exact) mass is 270 g/mol. The van der Waals surface area contributed by atoms with Crippen molar-refractivity contribution in [1.29, 1.82) is 0 Å². The van der Waals surface area contributed by atoms with Crippen LogP contribution in [0, 0.1) is 0 Å². The van der Waals surface area contributed by atoms with Crippen molar-refractivity contribution in [3.63, 3.8) is 0 Å². The largest absolute Gasteiger partial charge is 0.372 e. The fraction of sp³-hybridized carbons (Fsp3) is 0.412. The molecule has 0 unspecified atom stereocenters. The quantitative estimate of drug-likeness (QED) is 0.888. The second kappa shape index (κ2) is 5.17. The van der Waals surface area contributed by atoms with Gasteiger partial charge in [-0.2, -0.15) is 0 Å². The minimum atomic E-state index is 0.766. The van der Waals surface area contributed by atoms with Crippen LogP contribution in [0.25, 0.3) is 10.8 Å². The van der Waals surface area contributed by atoms with Crippen molar-refractivity contribution in [3.8, 4) is 0 Å². The van der Waals surface area contributed by atoms with Crippen LogP contribution < -0.4 is 4.90 Å². The molecule has 2 aliphatic heterocycles. The fourth-order valence-electron chi connectivity index (χ4n) is 3.39. The van der Waals surface area contributed by atoms with Crippen molar-refractivity contribution >= 4 is 10.8 Å². The average Bonchev–Trinajstić information content (AvgIpc) is 2.98. The Morgan fingerprint density at radius 3 is 2.65 bits per heavy atom. The third-order valence-electron chi connectivity index (χ3n) is 4.50. The molecule has 3 heteroatoms. The highest BCUT2D eigenvalue weighted by atomic mass is 16.5. The zero-order valence-corrected chi connectivity index (χ0v) is 11.7. The molecule has 0 amide bonds. The highest BCUT2D eigenvalue weighted by Crippen LogP contribution is 2.31. The first-order valence-corrected chi connectivity index (χ1v) is 7.43. The normalized spacial score (nSPS) is 19.4. The lowest BCUT2D eigenvalue weighted by Gasteiger charge is -2.24. The molecule has 1 N–H and O–H groups in total. The lowest BCUT2D eigenvalue weighted by atomic mass is 9.95. The maximum atomic E-state index is 5.72. The van der Waals surface area contributed by atoms with E-state index in [9.17, 15) is 0 Å². The number of nitrogens with one attached hydrogen (secondary N) is 1. The lowest BCUT2D eigenvalue weighted by Crippen LogP contribution is -3.12. The summed E-state index contributed by atoms with van der Waals surface area (Å²) in [6, 6.07) is 11.0. The summed E-state index contributed by atoms with van der Waals surface area (Å²) in [5, 5.41) is 2.71. The summed E-state index contributed by atoms with van der Waals surface area (Å²) in [6.07, 6.45) is 0. The molecule has 20 heavy (non-hydrogen) atoms. The highest BCUT2D eigenvalue weighted by Gasteiger charge is 2.22. The molecule has 2 aromatic rings. The SMILES string of the molecule is c1ccc2c3c(c(C[NH+]4CCOCC4)cc2c1)COC3. The summed E-state index contributed by atoms with van der Waals surface area (Å²) in [4.78, 5) is 1.63. The van der Waals surface area contributed by atoms with Crippen LogP contribution >= 0.6 is 0 Å². The number of rotatable bonds is 2. The molecule has 2 aliphatic rings. The predicted octanol–water partition coefficient (Wildman–Crippen LogP) is 1.29. The Hall–Kier alpha value is -1.42. The zero-order valence-electron chi connectivity index (χ0n) is 11.7. The summed E-state index contributed by atoms with van der Waals surface area (Å²) in [5.41, 5.74) is 4.31. The highest BCUT2D eigenvalue weighted by molar-refractivity contribution is 5.88. The van der Waals surface area contributed by atoms with Gasteiger partial charge in [0.05, 0.1) is 26.4 Å². The predicted molar refractivity (Wildman–Crippen MR) is 77.7 cm³/mol. The molecule has 2 aromatic carbocycles. The van der Waals surface area contributed by atoms with E-state index >= 15 is 0 Å². The van der Waals surface area contributed by atoms with Crippen LogP contribution in [-0.4, -0.2) is 26.3 Å². The van der Waals surface area contributed by atoms with Gasteiger partial charge >= 0.3 is 0 Å². The van der Waals surface area contributed by atoms with Crippen molar-refractivity contribution in [2.75, 3.05) is 26.3 Å². The Labute approximate surface area is 119 Å². The number of hydrogen-bond acceptors (Lipinski definition) is 2. The van der Waals surface area contributed by atoms with Crippen LogP contribution in [0.2, 0.25) is 0 Å². The Morgan fingerprint density at radius 2 is 1.75 bits per heavy atom. The van der Waals surface area contributed by atoms with Crippen LogP contribution in [0.3, 0.4) is 0 Å². The molecule has 0 spiro atoms. The van der Waals surface area contributed by atoms with Crippen LogP contribution in [0.5, 0.6) is 0 Å². The van der Waals surface area contributed by atoms with E-state index in [0.717, 1.165) is 46.1 Å². The first-order valence-electron chi connectivity index (χ1n) is 7.43. The van der Waals surface area contributed by atoms with Gasteiger partial charge in [-0.25, -0.2) is 0 Å². The van der Waals surface area contributed by atoms with Crippen LogP contribution in [-0.2, 0) is 29.2 Å². The Balaban J connectivity index is 1.75. The van der Waals surface area contributed by atoms with Gasteiger partial charge in [0.1, 0.15) is 19.6 Å². The molecule has 0 atom stereocenters. The fourth-order valence-corrected chi connectivity index (χ4v) is 3.39. The second-order valence-corrected chi connectivity index (χ2v) is 5.75. The third-order valence-corrected chi connectivity index (χ3v) is 4.50. The first kappa shape index (κ1) is 12.3. The van der Waals surface area contributed by atoms with E-state index in [-0.39, 0.29) is 0 Å². The Morgan fingerprint density at radius 1 is 0.950 bits per heavy atom. The van der Waals surface area contributed by atoms with Crippen LogP contribution in [0.4, 0.5) is 0 Å². The minimum absolute atomic E-state index is 0.766. The lowest BCUT2D eigenvalue weighted by molar-refractivity contribution is -0.921. The maximum Gasteiger partial charge on any atom is 0.103 e. The number of fused-ring (bicyclic) bond motifs is 3. The van der Waals surface area contributed by atoms with Crippen LogP contribution in [0.15, 0.2) is 30.3 Å². The van der Waals surface area contributed by atoms with Gasteiger partial charge in [0, 0.05) is 5.56 Å². The van der Waals surface area contributed by atoms with Crippen molar-refractivity contribution in [2.24, 2.45) is 0 Å². The molecule has 0 bridgehead atoms. The van der Waals surface area contributed by atoms with Crippen molar-refractivity contribution in [1.82, 2.24) is 0 Å². The molecule has 3 nitrogen and oxygen atoms in total. The molecule has 1 fully saturated rings. The van der Waals surface area contributed by atoms with Crippen LogP contribution in [0.1, 0.15) is 16.7 Å². The molecule has 0 radical (unpaired) electrons. The molecule has 1 saturated heterocycles. The van der Waals surface area contributed by atoms with Crippen molar-refractivity contribution < 1.29 is 14.4 Å². The third kappa shape index (κ3) is 2.12. The number of morpholine rings is 1. The molecule has 104 valence electrons. The van der Waals surface area contributed by atoms with E-state index in [2.05, 4.69) is 30.3 Å². The number of ether oxygens (including phenoxy) is 2. The molecular formula is C17H20NO2+. The molecule has 0 aliphatic carbocycles. The summed E-state index contributed by atoms with van der Waals surface area (Å²) < 4.78 is 11.2. The van der Waals surface area contributed by atoms with Gasteiger partial charge in [0.15, 0.2) is 0 Å². The van der Waals surface area contributed by atoms with Gasteiger partial charge in [0.2, 0.25) is 0 Å².